The molecule has 0 unspecified atom stereocenters. The van der Waals surface area contributed by atoms with Gasteiger partial charge in [-0.2, -0.15) is 5.10 Å². The van der Waals surface area contributed by atoms with E-state index in [0.717, 1.165) is 5.56 Å². The predicted octanol–water partition coefficient (Wildman–Crippen LogP) is 3.83. The Morgan fingerprint density at radius 2 is 2.04 bits per heavy atom. The fourth-order valence-electron chi connectivity index (χ4n) is 2.05. The molecule has 0 saturated carbocycles. The Balaban J connectivity index is 1.66. The van der Waals surface area contributed by atoms with E-state index >= 15 is 0 Å². The van der Waals surface area contributed by atoms with E-state index in [1.54, 1.807) is 42.5 Å². The van der Waals surface area contributed by atoms with Gasteiger partial charge in [-0.15, -0.1) is 10.2 Å². The summed E-state index contributed by atoms with van der Waals surface area (Å²) in [7, 11) is 0. The highest BCUT2D eigenvalue weighted by Crippen LogP contribution is 2.15. The van der Waals surface area contributed by atoms with E-state index in [1.165, 1.54) is 12.3 Å². The number of hydrogen-bond donors (Lipinski definition) is 1. The highest BCUT2D eigenvalue weighted by molar-refractivity contribution is 6.08. The molecule has 1 aliphatic rings. The van der Waals surface area contributed by atoms with Gasteiger partial charge in [0, 0.05) is 5.56 Å². The van der Waals surface area contributed by atoms with Crippen molar-refractivity contribution >= 4 is 18.1 Å². The Bertz CT molecular complexity index is 937. The number of urea groups is 1. The smallest absolute Gasteiger partial charge is 0.365 e. The van der Waals surface area contributed by atoms with Crippen LogP contribution in [-0.2, 0) is 6.61 Å². The summed E-state index contributed by atoms with van der Waals surface area (Å²) < 4.78 is 19.2. The summed E-state index contributed by atoms with van der Waals surface area (Å²) in [6.07, 6.45) is 1.48. The summed E-state index contributed by atoms with van der Waals surface area (Å²) in [5.74, 6) is 0.384. The van der Waals surface area contributed by atoms with Gasteiger partial charge in [0.05, 0.1) is 6.21 Å². The SMILES string of the molecule is C=C1N=NC(=O)N/C1=N/N=C/c1cccc(OCc2ccccc2F)c1. The molecule has 0 aliphatic carbocycles. The average Bonchev–Trinajstić information content (AvgIpc) is 2.64. The average molecular weight is 351 g/mol. The second-order valence-electron chi connectivity index (χ2n) is 5.22. The van der Waals surface area contributed by atoms with E-state index in [0.29, 0.717) is 11.3 Å². The molecular formula is C18H14FN5O2. The van der Waals surface area contributed by atoms with Gasteiger partial charge in [0.25, 0.3) is 0 Å². The summed E-state index contributed by atoms with van der Waals surface area (Å²) in [4.78, 5) is 11.1. The second kappa shape index (κ2) is 7.93. The largest absolute Gasteiger partial charge is 0.489 e. The molecule has 1 N–H and O–H groups in total. The van der Waals surface area contributed by atoms with Crippen molar-refractivity contribution in [1.82, 2.24) is 5.32 Å². The predicted molar refractivity (Wildman–Crippen MR) is 94.7 cm³/mol. The van der Waals surface area contributed by atoms with Gasteiger partial charge in [0.2, 0.25) is 0 Å². The molecule has 7 nitrogen and oxygen atoms in total. The monoisotopic (exact) mass is 351 g/mol. The number of carbonyl (C=O) groups is 1. The number of nitrogens with one attached hydrogen (secondary N) is 1. The van der Waals surface area contributed by atoms with E-state index in [9.17, 15) is 9.18 Å². The van der Waals surface area contributed by atoms with Crippen molar-refractivity contribution in [3.05, 3.63) is 77.8 Å². The minimum Gasteiger partial charge on any atom is -0.489 e. The van der Waals surface area contributed by atoms with Crippen LogP contribution in [-0.4, -0.2) is 18.1 Å². The van der Waals surface area contributed by atoms with Gasteiger partial charge >= 0.3 is 6.03 Å². The molecule has 26 heavy (non-hydrogen) atoms. The van der Waals surface area contributed by atoms with Crippen LogP contribution in [0.15, 0.2) is 81.2 Å². The number of halogens is 1. The molecule has 2 aromatic carbocycles. The number of amidine groups is 1. The number of azo groups is 1. The van der Waals surface area contributed by atoms with Crippen LogP contribution in [0.1, 0.15) is 11.1 Å². The molecule has 3 rings (SSSR count). The van der Waals surface area contributed by atoms with Gasteiger partial charge in [-0.05, 0) is 23.8 Å². The molecule has 1 aliphatic heterocycles. The van der Waals surface area contributed by atoms with Gasteiger partial charge in [-0.25, -0.2) is 9.18 Å². The minimum absolute atomic E-state index is 0.117. The van der Waals surface area contributed by atoms with Crippen molar-refractivity contribution in [3.63, 3.8) is 0 Å². The second-order valence-corrected chi connectivity index (χ2v) is 5.22. The third-order valence-electron chi connectivity index (χ3n) is 3.34. The Hall–Kier alpha value is -3.68. The number of rotatable bonds is 5. The number of hydrogen-bond acceptors (Lipinski definition) is 5. The third kappa shape index (κ3) is 4.44. The molecule has 0 fully saturated rings. The summed E-state index contributed by atoms with van der Waals surface area (Å²) in [6, 6.07) is 12.9. The van der Waals surface area contributed by atoms with Crippen LogP contribution >= 0.6 is 0 Å². The fourth-order valence-corrected chi connectivity index (χ4v) is 2.05. The maximum Gasteiger partial charge on any atom is 0.365 e. The number of nitrogens with zero attached hydrogens (tertiary/aromatic N) is 4. The van der Waals surface area contributed by atoms with Gasteiger partial charge in [-0.1, -0.05) is 42.0 Å². The summed E-state index contributed by atoms with van der Waals surface area (Å²) >= 11 is 0. The van der Waals surface area contributed by atoms with Crippen molar-refractivity contribution in [2.24, 2.45) is 20.4 Å². The van der Waals surface area contributed by atoms with E-state index in [1.807, 2.05) is 0 Å². The molecule has 0 radical (unpaired) electrons. The molecule has 0 bridgehead atoms. The summed E-state index contributed by atoms with van der Waals surface area (Å²) in [6.45, 7) is 3.72. The molecule has 0 saturated heterocycles. The molecule has 0 atom stereocenters. The lowest BCUT2D eigenvalue weighted by atomic mass is 10.2. The molecule has 2 aromatic rings. The Labute approximate surface area is 148 Å². The maximum absolute atomic E-state index is 13.6. The number of ether oxygens (including phenoxy) is 1. The molecular weight excluding hydrogens is 337 g/mol. The van der Waals surface area contributed by atoms with E-state index in [2.05, 4.69) is 32.3 Å². The molecule has 8 heteroatoms. The van der Waals surface area contributed by atoms with Gasteiger partial charge in [0.15, 0.2) is 5.84 Å². The molecule has 1 heterocycles. The van der Waals surface area contributed by atoms with Crippen LogP contribution in [0.25, 0.3) is 0 Å². The van der Waals surface area contributed by atoms with Crippen molar-refractivity contribution in [2.75, 3.05) is 0 Å². The van der Waals surface area contributed by atoms with Crippen LogP contribution < -0.4 is 10.1 Å². The first kappa shape index (κ1) is 17.2. The van der Waals surface area contributed by atoms with Crippen LogP contribution in [0.2, 0.25) is 0 Å². The Morgan fingerprint density at radius 1 is 1.19 bits per heavy atom. The van der Waals surface area contributed by atoms with Crippen molar-refractivity contribution in [1.29, 1.82) is 0 Å². The Kier molecular flexibility index (Phi) is 5.23. The van der Waals surface area contributed by atoms with E-state index < -0.39 is 6.03 Å². The van der Waals surface area contributed by atoms with E-state index in [-0.39, 0.29) is 24.0 Å². The first-order valence-corrected chi connectivity index (χ1v) is 7.61. The summed E-state index contributed by atoms with van der Waals surface area (Å²) in [5, 5.41) is 17.0. The highest BCUT2D eigenvalue weighted by atomic mass is 19.1. The summed E-state index contributed by atoms with van der Waals surface area (Å²) in [5.41, 5.74) is 1.40. The number of carbonyl (C=O) groups excluding carboxylic acids is 1. The maximum atomic E-state index is 13.6. The first-order valence-electron chi connectivity index (χ1n) is 7.61. The first-order chi connectivity index (χ1) is 12.6. The lowest BCUT2D eigenvalue weighted by Gasteiger charge is -2.08. The van der Waals surface area contributed by atoms with Crippen LogP contribution in [0.4, 0.5) is 9.18 Å². The van der Waals surface area contributed by atoms with E-state index in [4.69, 9.17) is 4.74 Å². The van der Waals surface area contributed by atoms with Crippen molar-refractivity contribution < 1.29 is 13.9 Å². The number of benzene rings is 2. The lowest BCUT2D eigenvalue weighted by molar-refractivity contribution is 0.251. The Morgan fingerprint density at radius 3 is 2.88 bits per heavy atom. The zero-order chi connectivity index (χ0) is 18.4. The molecule has 2 amide bonds. The third-order valence-corrected chi connectivity index (χ3v) is 3.34. The lowest BCUT2D eigenvalue weighted by Crippen LogP contribution is -2.31. The number of amides is 2. The van der Waals surface area contributed by atoms with Crippen LogP contribution in [0, 0.1) is 5.82 Å². The van der Waals surface area contributed by atoms with Crippen LogP contribution in [0.3, 0.4) is 0 Å². The van der Waals surface area contributed by atoms with Gasteiger partial charge < -0.3 is 4.74 Å². The van der Waals surface area contributed by atoms with Gasteiger partial charge in [-0.3, -0.25) is 5.32 Å². The van der Waals surface area contributed by atoms with Gasteiger partial charge in [0.1, 0.15) is 23.9 Å². The highest BCUT2D eigenvalue weighted by Gasteiger charge is 2.14. The normalized spacial score (nSPS) is 15.5. The quantitative estimate of drug-likeness (QED) is 0.655. The molecule has 0 aromatic heterocycles. The van der Waals surface area contributed by atoms with Crippen LogP contribution in [0.5, 0.6) is 5.75 Å². The minimum atomic E-state index is -0.630. The van der Waals surface area contributed by atoms with Crippen molar-refractivity contribution in [2.45, 2.75) is 6.61 Å². The molecule has 0 spiro atoms. The standard InChI is InChI=1S/C18H14FN5O2/c1-12-17(21-18(25)24-22-12)23-20-10-13-5-4-7-15(9-13)26-11-14-6-2-3-8-16(14)19/h2-10H,1,11H2,(H,21,23,25)/b20-10+. The van der Waals surface area contributed by atoms with Crippen molar-refractivity contribution in [3.8, 4) is 5.75 Å². The topological polar surface area (TPSA) is 87.8 Å². The zero-order valence-electron chi connectivity index (χ0n) is 13.6. The zero-order valence-corrected chi connectivity index (χ0v) is 13.6. The fraction of sp³-hybridized carbons (Fsp3) is 0.0556. The molecule has 130 valence electrons.